The van der Waals surface area contributed by atoms with Crippen LogP contribution in [0.3, 0.4) is 0 Å². The summed E-state index contributed by atoms with van der Waals surface area (Å²) in [6.45, 7) is 1.26. The Morgan fingerprint density at radius 2 is 2.00 bits per heavy atom. The predicted octanol–water partition coefficient (Wildman–Crippen LogP) is 2.70. The van der Waals surface area contributed by atoms with Crippen molar-refractivity contribution in [3.8, 4) is 5.88 Å². The average molecular weight is 500 g/mol. The van der Waals surface area contributed by atoms with Crippen LogP contribution in [0, 0.1) is 11.6 Å². The normalized spacial score (nSPS) is 15.0. The number of nitrogens with one attached hydrogen (secondary N) is 1. The van der Waals surface area contributed by atoms with E-state index in [1.54, 1.807) is 6.20 Å². The summed E-state index contributed by atoms with van der Waals surface area (Å²) in [6.07, 6.45) is 5.74. The Morgan fingerprint density at radius 3 is 2.77 bits per heavy atom. The first-order chi connectivity index (χ1) is 16.8. The summed E-state index contributed by atoms with van der Waals surface area (Å²) < 4.78 is 60.7. The fraction of sp³-hybridized carbons (Fsp3) is 0.182. The number of hydrogen-bond donors (Lipinski definition) is 2. The summed E-state index contributed by atoms with van der Waals surface area (Å²) in [7, 11) is -3.10. The van der Waals surface area contributed by atoms with E-state index in [1.165, 1.54) is 19.4 Å². The van der Waals surface area contributed by atoms with Crippen LogP contribution < -0.4 is 20.1 Å². The fourth-order valence-corrected chi connectivity index (χ4v) is 5.02. The van der Waals surface area contributed by atoms with Crippen molar-refractivity contribution in [1.82, 2.24) is 15.0 Å². The Kier molecular flexibility index (Phi) is 5.55. The topological polar surface area (TPSA) is 136 Å². The second-order valence-electron chi connectivity index (χ2n) is 7.74. The van der Waals surface area contributed by atoms with Crippen molar-refractivity contribution in [2.24, 2.45) is 4.99 Å². The molecule has 3 N–H and O–H groups in total. The van der Waals surface area contributed by atoms with Crippen LogP contribution in [0.15, 0.2) is 46.5 Å². The van der Waals surface area contributed by atoms with Crippen molar-refractivity contribution in [2.75, 3.05) is 35.6 Å². The predicted molar refractivity (Wildman–Crippen MR) is 127 cm³/mol. The molecule has 10 nitrogen and oxygen atoms in total. The van der Waals surface area contributed by atoms with Gasteiger partial charge >= 0.3 is 0 Å². The van der Waals surface area contributed by atoms with Crippen LogP contribution >= 0.6 is 0 Å². The average Bonchev–Trinajstić information content (AvgIpc) is 2.83. The van der Waals surface area contributed by atoms with Gasteiger partial charge in [-0.1, -0.05) is 0 Å². The lowest BCUT2D eigenvalue weighted by molar-refractivity contribution is 0.400. The number of sulfonamides is 1. The zero-order chi connectivity index (χ0) is 24.7. The zero-order valence-electron chi connectivity index (χ0n) is 18.4. The summed E-state index contributed by atoms with van der Waals surface area (Å²) in [6, 6.07) is 3.71. The molecule has 3 aromatic rings. The number of ether oxygens (including phenoxy) is 1. The Labute approximate surface area is 199 Å². The van der Waals surface area contributed by atoms with Crippen molar-refractivity contribution in [3.05, 3.63) is 59.4 Å². The number of nitrogen functional groups attached to an aromatic ring is 1. The van der Waals surface area contributed by atoms with E-state index in [0.29, 0.717) is 47.5 Å². The van der Waals surface area contributed by atoms with Gasteiger partial charge in [-0.25, -0.2) is 27.2 Å². The van der Waals surface area contributed by atoms with E-state index in [-0.39, 0.29) is 17.5 Å². The lowest BCUT2D eigenvalue weighted by Crippen LogP contribution is -2.39. The number of nitrogens with two attached hydrogens (primary N) is 1. The summed E-state index contributed by atoms with van der Waals surface area (Å²) in [5.74, 6) is -0.743. The number of rotatable bonds is 5. The molecule has 0 bridgehead atoms. The lowest BCUT2D eigenvalue weighted by Gasteiger charge is -2.34. The summed E-state index contributed by atoms with van der Waals surface area (Å²) >= 11 is 0. The monoisotopic (exact) mass is 499 g/mol. The molecule has 2 aromatic heterocycles. The Hall–Kier alpha value is -4.13. The standard InChI is InChI=1S/C22H19F2N7O3S/c1-34-21-17(30-35(32,33)18-4-3-14(23)9-16(18)24)8-12(10-27-21)15-7-13-11-28-22(25)29-19(13)31-6-2-5-26-20(15)31/h3-4,7-11,30H,2,5-6H2,1H3,(H2,25,28,29). The molecule has 1 aromatic carbocycles. The van der Waals surface area contributed by atoms with Gasteiger partial charge in [0.05, 0.1) is 7.11 Å². The second-order valence-corrected chi connectivity index (χ2v) is 9.39. The number of fused-ring (bicyclic) bond motifs is 3. The van der Waals surface area contributed by atoms with Crippen molar-refractivity contribution in [1.29, 1.82) is 0 Å². The molecule has 0 fully saturated rings. The SMILES string of the molecule is COc1ncc(C2=Cc3cnc(N)nc3N3CCCN=C23)cc1NS(=O)(=O)c1ccc(F)cc1F. The van der Waals surface area contributed by atoms with E-state index >= 15 is 0 Å². The quantitative estimate of drug-likeness (QED) is 0.547. The summed E-state index contributed by atoms with van der Waals surface area (Å²) in [4.78, 5) is 18.5. The highest BCUT2D eigenvalue weighted by molar-refractivity contribution is 7.92. The van der Waals surface area contributed by atoms with Crippen LogP contribution in [0.25, 0.3) is 11.6 Å². The van der Waals surface area contributed by atoms with Crippen LogP contribution in [0.1, 0.15) is 17.5 Å². The third-order valence-electron chi connectivity index (χ3n) is 5.45. The second kappa shape index (κ2) is 8.58. The van der Waals surface area contributed by atoms with Gasteiger partial charge in [0, 0.05) is 48.2 Å². The largest absolute Gasteiger partial charge is 0.480 e. The van der Waals surface area contributed by atoms with E-state index in [1.807, 2.05) is 11.0 Å². The first-order valence-electron chi connectivity index (χ1n) is 10.5. The van der Waals surface area contributed by atoms with Gasteiger partial charge in [-0.05, 0) is 30.7 Å². The maximum absolute atomic E-state index is 14.2. The van der Waals surface area contributed by atoms with Crippen molar-refractivity contribution >= 4 is 45.0 Å². The van der Waals surface area contributed by atoms with Crippen molar-refractivity contribution < 1.29 is 21.9 Å². The lowest BCUT2D eigenvalue weighted by atomic mass is 9.98. The molecule has 2 aliphatic heterocycles. The van der Waals surface area contributed by atoms with Crippen LogP contribution in [0.5, 0.6) is 5.88 Å². The van der Waals surface area contributed by atoms with E-state index in [0.717, 1.165) is 18.6 Å². The molecule has 0 unspecified atom stereocenters. The Bertz CT molecular complexity index is 1510. The van der Waals surface area contributed by atoms with Crippen LogP contribution in [0.2, 0.25) is 0 Å². The third kappa shape index (κ3) is 4.14. The highest BCUT2D eigenvalue weighted by Gasteiger charge is 2.30. The molecule has 4 heterocycles. The number of pyridine rings is 1. The van der Waals surface area contributed by atoms with Gasteiger partial charge in [-0.15, -0.1) is 0 Å². The van der Waals surface area contributed by atoms with Gasteiger partial charge in [0.2, 0.25) is 11.8 Å². The van der Waals surface area contributed by atoms with Gasteiger partial charge in [0.1, 0.15) is 33.9 Å². The maximum Gasteiger partial charge on any atom is 0.264 e. The van der Waals surface area contributed by atoms with Gasteiger partial charge in [-0.2, -0.15) is 4.98 Å². The first-order valence-corrected chi connectivity index (χ1v) is 11.9. The number of aliphatic imine (C=N–C) groups is 1. The molecule has 0 aliphatic carbocycles. The van der Waals surface area contributed by atoms with E-state index in [4.69, 9.17) is 10.5 Å². The minimum Gasteiger partial charge on any atom is -0.480 e. The van der Waals surface area contributed by atoms with Gasteiger partial charge in [0.25, 0.3) is 10.0 Å². The summed E-state index contributed by atoms with van der Waals surface area (Å²) in [5.41, 5.74) is 7.65. The number of nitrogens with zero attached hydrogens (tertiary/aromatic N) is 5. The number of hydrogen-bond acceptors (Lipinski definition) is 9. The number of aromatic nitrogens is 3. The Balaban J connectivity index is 1.59. The zero-order valence-corrected chi connectivity index (χ0v) is 19.2. The Morgan fingerprint density at radius 1 is 1.17 bits per heavy atom. The van der Waals surface area contributed by atoms with Gasteiger partial charge in [-0.3, -0.25) is 9.71 Å². The number of methoxy groups -OCH3 is 1. The molecule has 0 atom stereocenters. The molecule has 2 aliphatic rings. The minimum absolute atomic E-state index is 0.0306. The van der Waals surface area contributed by atoms with Gasteiger partial charge in [0.15, 0.2) is 0 Å². The minimum atomic E-state index is -4.42. The number of benzene rings is 1. The molecule has 0 saturated carbocycles. The van der Waals surface area contributed by atoms with Gasteiger partial charge < -0.3 is 15.4 Å². The van der Waals surface area contributed by atoms with Crippen molar-refractivity contribution in [3.63, 3.8) is 0 Å². The fourth-order valence-electron chi connectivity index (χ4n) is 3.92. The summed E-state index contributed by atoms with van der Waals surface area (Å²) in [5, 5.41) is 0. The van der Waals surface area contributed by atoms with Crippen LogP contribution in [-0.2, 0) is 10.0 Å². The molecule has 0 saturated heterocycles. The van der Waals surface area contributed by atoms with E-state index in [2.05, 4.69) is 24.7 Å². The molecule has 0 radical (unpaired) electrons. The smallest absolute Gasteiger partial charge is 0.264 e. The number of halogens is 2. The molecule has 5 rings (SSSR count). The number of anilines is 3. The highest BCUT2D eigenvalue weighted by Crippen LogP contribution is 2.36. The maximum atomic E-state index is 14.2. The molecule has 180 valence electrons. The van der Waals surface area contributed by atoms with Crippen LogP contribution in [-0.4, -0.2) is 49.4 Å². The third-order valence-corrected chi connectivity index (χ3v) is 6.85. The molecule has 0 spiro atoms. The highest BCUT2D eigenvalue weighted by atomic mass is 32.2. The molecular weight excluding hydrogens is 480 g/mol. The molecule has 13 heteroatoms. The van der Waals surface area contributed by atoms with E-state index in [9.17, 15) is 17.2 Å². The molecular formula is C22H19F2N7O3S. The first kappa shape index (κ1) is 22.7. The number of amidine groups is 1. The molecule has 35 heavy (non-hydrogen) atoms. The van der Waals surface area contributed by atoms with Crippen molar-refractivity contribution in [2.45, 2.75) is 11.3 Å². The van der Waals surface area contributed by atoms with E-state index < -0.39 is 26.6 Å². The van der Waals surface area contributed by atoms with Crippen LogP contribution in [0.4, 0.5) is 26.2 Å². The molecule has 0 amide bonds.